The number of thiazole rings is 1. The van der Waals surface area contributed by atoms with Crippen molar-refractivity contribution in [2.75, 3.05) is 19.7 Å². The number of nitrogens with zero attached hydrogens (tertiary/aromatic N) is 2. The number of hydrogen-bond donors (Lipinski definition) is 2. The number of benzene rings is 2. The van der Waals surface area contributed by atoms with Crippen molar-refractivity contribution in [2.45, 2.75) is 13.5 Å². The Morgan fingerprint density at radius 1 is 1.41 bits per heavy atom. The number of rotatable bonds is 3. The van der Waals surface area contributed by atoms with Gasteiger partial charge < -0.3 is 20.5 Å². The van der Waals surface area contributed by atoms with Crippen LogP contribution in [-0.4, -0.2) is 40.6 Å². The van der Waals surface area contributed by atoms with Crippen molar-refractivity contribution in [3.8, 4) is 22.1 Å². The van der Waals surface area contributed by atoms with Gasteiger partial charge in [-0.25, -0.2) is 4.98 Å². The van der Waals surface area contributed by atoms with Crippen molar-refractivity contribution < 1.29 is 14.6 Å². The SMILES string of the molecule is CC(CN)C(=O)N1CCOc2c(O)cc(-c3nc4ccccc4s3)cc2C1. The molecule has 7 heteroatoms. The Morgan fingerprint density at radius 3 is 3.00 bits per heavy atom. The van der Waals surface area contributed by atoms with Crippen LogP contribution in [0.5, 0.6) is 11.5 Å². The molecule has 0 aliphatic carbocycles. The first kappa shape index (κ1) is 17.8. The largest absolute Gasteiger partial charge is 0.504 e. The molecule has 1 atom stereocenters. The third kappa shape index (κ3) is 3.36. The van der Waals surface area contributed by atoms with Crippen LogP contribution >= 0.6 is 11.3 Å². The molecule has 0 bridgehead atoms. The zero-order chi connectivity index (χ0) is 19.0. The van der Waals surface area contributed by atoms with Crippen LogP contribution in [0.25, 0.3) is 20.8 Å². The standard InChI is InChI=1S/C20H21N3O3S/c1-12(10-21)20(25)23-6-7-26-18-14(11-23)8-13(9-16(18)24)19-22-15-4-2-3-5-17(15)27-19/h2-5,8-9,12,24H,6-7,10-11,21H2,1H3. The number of ether oxygens (including phenoxy) is 1. The highest BCUT2D eigenvalue weighted by Gasteiger charge is 2.25. The Kier molecular flexibility index (Phi) is 4.72. The van der Waals surface area contributed by atoms with Gasteiger partial charge >= 0.3 is 0 Å². The molecule has 2 aromatic carbocycles. The fourth-order valence-electron chi connectivity index (χ4n) is 3.22. The van der Waals surface area contributed by atoms with E-state index in [-0.39, 0.29) is 17.6 Å². The molecule has 140 valence electrons. The molecule has 1 aromatic heterocycles. The van der Waals surface area contributed by atoms with Crippen molar-refractivity contribution in [3.05, 3.63) is 42.0 Å². The molecular formula is C20H21N3O3S. The van der Waals surface area contributed by atoms with E-state index in [1.54, 1.807) is 22.3 Å². The van der Waals surface area contributed by atoms with Gasteiger partial charge in [0.15, 0.2) is 11.5 Å². The van der Waals surface area contributed by atoms with E-state index in [4.69, 9.17) is 10.5 Å². The van der Waals surface area contributed by atoms with Gasteiger partial charge in [0.1, 0.15) is 11.6 Å². The lowest BCUT2D eigenvalue weighted by molar-refractivity contribution is -0.135. The minimum atomic E-state index is -0.243. The molecule has 1 amide bonds. The number of amides is 1. The van der Waals surface area contributed by atoms with Gasteiger partial charge in [0.2, 0.25) is 5.91 Å². The van der Waals surface area contributed by atoms with Crippen molar-refractivity contribution in [3.63, 3.8) is 0 Å². The molecule has 0 spiro atoms. The molecular weight excluding hydrogens is 362 g/mol. The second kappa shape index (κ2) is 7.17. The minimum absolute atomic E-state index is 0.00108. The maximum atomic E-state index is 12.6. The first-order valence-corrected chi connectivity index (χ1v) is 9.72. The highest BCUT2D eigenvalue weighted by atomic mass is 32.1. The fraction of sp³-hybridized carbons (Fsp3) is 0.300. The van der Waals surface area contributed by atoms with Crippen LogP contribution in [0.15, 0.2) is 36.4 Å². The maximum Gasteiger partial charge on any atom is 0.227 e. The quantitative estimate of drug-likeness (QED) is 0.726. The van der Waals surface area contributed by atoms with Crippen LogP contribution in [-0.2, 0) is 11.3 Å². The summed E-state index contributed by atoms with van der Waals surface area (Å²) in [5.74, 6) is 0.268. The lowest BCUT2D eigenvalue weighted by atomic mass is 10.1. The van der Waals surface area contributed by atoms with Crippen molar-refractivity contribution in [1.29, 1.82) is 0 Å². The zero-order valence-corrected chi connectivity index (χ0v) is 15.8. The Hall–Kier alpha value is -2.64. The molecule has 2 heterocycles. The number of aromatic nitrogens is 1. The third-order valence-corrected chi connectivity index (χ3v) is 5.83. The summed E-state index contributed by atoms with van der Waals surface area (Å²) >= 11 is 1.57. The van der Waals surface area contributed by atoms with Crippen LogP contribution in [0, 0.1) is 5.92 Å². The summed E-state index contributed by atoms with van der Waals surface area (Å²) in [5.41, 5.74) is 8.17. The van der Waals surface area contributed by atoms with Crippen LogP contribution in [0.1, 0.15) is 12.5 Å². The van der Waals surface area contributed by atoms with Crippen molar-refractivity contribution in [1.82, 2.24) is 9.88 Å². The predicted molar refractivity (Wildman–Crippen MR) is 106 cm³/mol. The van der Waals surface area contributed by atoms with E-state index in [2.05, 4.69) is 4.98 Å². The smallest absolute Gasteiger partial charge is 0.227 e. The number of nitrogens with two attached hydrogens (primary N) is 1. The topological polar surface area (TPSA) is 88.7 Å². The summed E-state index contributed by atoms with van der Waals surface area (Å²) in [7, 11) is 0. The van der Waals surface area contributed by atoms with E-state index in [0.29, 0.717) is 32.0 Å². The maximum absolute atomic E-state index is 12.6. The van der Waals surface area contributed by atoms with Gasteiger partial charge in [-0.15, -0.1) is 11.3 Å². The van der Waals surface area contributed by atoms with Crippen LogP contribution in [0.4, 0.5) is 0 Å². The Labute approximate surface area is 161 Å². The molecule has 4 rings (SSSR count). The molecule has 27 heavy (non-hydrogen) atoms. The summed E-state index contributed by atoms with van der Waals surface area (Å²) in [6, 6.07) is 11.6. The second-order valence-corrected chi connectivity index (χ2v) is 7.75. The summed E-state index contributed by atoms with van der Waals surface area (Å²) in [4.78, 5) is 19.0. The molecule has 6 nitrogen and oxygen atoms in total. The van der Waals surface area contributed by atoms with Gasteiger partial charge in [-0.1, -0.05) is 19.1 Å². The molecule has 1 unspecified atom stereocenters. The molecule has 0 fully saturated rings. The second-order valence-electron chi connectivity index (χ2n) is 6.72. The van der Waals surface area contributed by atoms with E-state index in [1.807, 2.05) is 37.3 Å². The van der Waals surface area contributed by atoms with E-state index in [9.17, 15) is 9.90 Å². The average Bonchev–Trinajstić information content (AvgIpc) is 2.99. The number of carbonyl (C=O) groups is 1. The molecule has 0 saturated carbocycles. The summed E-state index contributed by atoms with van der Waals surface area (Å²) in [5, 5.41) is 11.3. The number of aromatic hydroxyl groups is 1. The number of para-hydroxylation sites is 1. The summed E-state index contributed by atoms with van der Waals surface area (Å²) in [6.45, 7) is 3.31. The molecule has 0 saturated heterocycles. The average molecular weight is 383 g/mol. The monoisotopic (exact) mass is 383 g/mol. The molecule has 0 radical (unpaired) electrons. The fourth-order valence-corrected chi connectivity index (χ4v) is 4.17. The van der Waals surface area contributed by atoms with Gasteiger partial charge in [0.05, 0.1) is 16.8 Å². The highest BCUT2D eigenvalue weighted by molar-refractivity contribution is 7.21. The number of fused-ring (bicyclic) bond motifs is 2. The van der Waals surface area contributed by atoms with Gasteiger partial charge in [-0.2, -0.15) is 0 Å². The zero-order valence-electron chi connectivity index (χ0n) is 15.0. The minimum Gasteiger partial charge on any atom is -0.504 e. The third-order valence-electron chi connectivity index (χ3n) is 4.74. The van der Waals surface area contributed by atoms with Crippen LogP contribution in [0.2, 0.25) is 0 Å². The van der Waals surface area contributed by atoms with E-state index >= 15 is 0 Å². The van der Waals surface area contributed by atoms with E-state index in [1.165, 1.54) is 0 Å². The molecule has 3 N–H and O–H groups in total. The number of phenols is 1. The van der Waals surface area contributed by atoms with Crippen LogP contribution in [0.3, 0.4) is 0 Å². The van der Waals surface area contributed by atoms with Crippen molar-refractivity contribution >= 4 is 27.5 Å². The van der Waals surface area contributed by atoms with E-state index < -0.39 is 0 Å². The van der Waals surface area contributed by atoms with Crippen LogP contribution < -0.4 is 10.5 Å². The summed E-state index contributed by atoms with van der Waals surface area (Å²) in [6.07, 6.45) is 0. The Bertz CT molecular complexity index is 968. The molecule has 3 aromatic rings. The van der Waals surface area contributed by atoms with Gasteiger partial charge in [-0.3, -0.25) is 4.79 Å². The first-order chi connectivity index (χ1) is 13.1. The van der Waals surface area contributed by atoms with Gasteiger partial charge in [-0.05, 0) is 24.3 Å². The lowest BCUT2D eigenvalue weighted by Crippen LogP contribution is -2.38. The lowest BCUT2D eigenvalue weighted by Gasteiger charge is -2.23. The Morgan fingerprint density at radius 2 is 2.22 bits per heavy atom. The van der Waals surface area contributed by atoms with Crippen molar-refractivity contribution in [2.24, 2.45) is 11.7 Å². The van der Waals surface area contributed by atoms with E-state index in [0.717, 1.165) is 26.4 Å². The summed E-state index contributed by atoms with van der Waals surface area (Å²) < 4.78 is 6.82. The number of hydrogen-bond acceptors (Lipinski definition) is 6. The number of phenolic OH excluding ortho intramolecular Hbond substituents is 1. The Balaban J connectivity index is 1.72. The number of carbonyl (C=O) groups excluding carboxylic acids is 1. The highest BCUT2D eigenvalue weighted by Crippen LogP contribution is 2.39. The molecule has 1 aliphatic heterocycles. The normalized spacial score (nSPS) is 15.1. The molecule has 1 aliphatic rings. The predicted octanol–water partition coefficient (Wildman–Crippen LogP) is 2.98. The van der Waals surface area contributed by atoms with Gasteiger partial charge in [0, 0.05) is 30.1 Å². The first-order valence-electron chi connectivity index (χ1n) is 8.90. The van der Waals surface area contributed by atoms with Gasteiger partial charge in [0.25, 0.3) is 0 Å².